The summed E-state index contributed by atoms with van der Waals surface area (Å²) in [7, 11) is 0. The molecule has 1 atom stereocenters. The molecule has 0 saturated carbocycles. The van der Waals surface area contributed by atoms with Gasteiger partial charge in [-0.2, -0.15) is 0 Å². The van der Waals surface area contributed by atoms with E-state index in [9.17, 15) is 8.78 Å². The van der Waals surface area contributed by atoms with Crippen LogP contribution in [0, 0.1) is 11.6 Å². The molecule has 0 amide bonds. The van der Waals surface area contributed by atoms with Crippen molar-refractivity contribution in [2.75, 3.05) is 0 Å². The van der Waals surface area contributed by atoms with E-state index in [1.807, 2.05) is 42.6 Å². The fourth-order valence-corrected chi connectivity index (χ4v) is 3.86. The van der Waals surface area contributed by atoms with E-state index in [0.717, 1.165) is 30.8 Å². The minimum absolute atomic E-state index is 0.207. The molecule has 1 unspecified atom stereocenters. The molecular formula is C26H25F2N2+. The van der Waals surface area contributed by atoms with Crippen LogP contribution in [0.5, 0.6) is 0 Å². The third-order valence-corrected chi connectivity index (χ3v) is 5.24. The van der Waals surface area contributed by atoms with Gasteiger partial charge in [0.1, 0.15) is 31.3 Å². The minimum atomic E-state index is -0.219. The van der Waals surface area contributed by atoms with E-state index in [1.54, 1.807) is 24.3 Å². The molecule has 4 rings (SSSR count). The van der Waals surface area contributed by atoms with Crippen molar-refractivity contribution in [3.8, 4) is 0 Å². The summed E-state index contributed by atoms with van der Waals surface area (Å²) in [6.07, 6.45) is 2.03. The molecule has 0 aliphatic carbocycles. The fraction of sp³-hybridized carbons (Fsp3) is 0.154. The lowest BCUT2D eigenvalue weighted by Crippen LogP contribution is -3.08. The Bertz CT molecular complexity index is 1090. The van der Waals surface area contributed by atoms with Crippen molar-refractivity contribution in [3.05, 3.63) is 131 Å². The van der Waals surface area contributed by atoms with Crippen LogP contribution in [0.15, 0.2) is 97.2 Å². The first-order valence-corrected chi connectivity index (χ1v) is 10.2. The Hall–Kier alpha value is -3.24. The van der Waals surface area contributed by atoms with E-state index in [-0.39, 0.29) is 11.6 Å². The average Bonchev–Trinajstić information content (AvgIpc) is 3.15. The zero-order valence-electron chi connectivity index (χ0n) is 16.8. The first-order chi connectivity index (χ1) is 14.7. The van der Waals surface area contributed by atoms with Crippen LogP contribution in [0.1, 0.15) is 22.4 Å². The number of nitrogens with one attached hydrogen (secondary N) is 1. The van der Waals surface area contributed by atoms with Crippen molar-refractivity contribution in [3.63, 3.8) is 0 Å². The van der Waals surface area contributed by atoms with Gasteiger partial charge in [-0.1, -0.05) is 54.6 Å². The molecule has 4 heteroatoms. The first kappa shape index (κ1) is 20.0. The highest BCUT2D eigenvalue weighted by Gasteiger charge is 2.15. The number of rotatable bonds is 8. The molecule has 3 aromatic carbocycles. The van der Waals surface area contributed by atoms with E-state index < -0.39 is 0 Å². The van der Waals surface area contributed by atoms with Gasteiger partial charge in [0.2, 0.25) is 0 Å². The molecule has 1 N–H and O–H groups in total. The van der Waals surface area contributed by atoms with Gasteiger partial charge in [0, 0.05) is 23.9 Å². The van der Waals surface area contributed by atoms with Crippen LogP contribution in [0.3, 0.4) is 0 Å². The lowest BCUT2D eigenvalue weighted by atomic mass is 10.1. The molecule has 152 valence electrons. The SMILES string of the molecule is Fc1cccc(Cn2cccc2C[NH+](Cc2ccccc2)Cc2cccc(F)c2)c1. The number of aromatic nitrogens is 1. The number of nitrogens with zero attached hydrogens (tertiary/aromatic N) is 1. The van der Waals surface area contributed by atoms with Crippen molar-refractivity contribution < 1.29 is 13.7 Å². The standard InChI is InChI=1S/C26H24F2N2/c27-24-11-4-9-22(15-24)18-29(17-21-7-2-1-3-8-21)20-26-13-6-14-30(26)19-23-10-5-12-25(28)16-23/h1-16H,17-20H2/p+1. The van der Waals surface area contributed by atoms with Gasteiger partial charge in [-0.3, -0.25) is 0 Å². The van der Waals surface area contributed by atoms with Gasteiger partial charge in [-0.15, -0.1) is 0 Å². The lowest BCUT2D eigenvalue weighted by molar-refractivity contribution is -0.941. The van der Waals surface area contributed by atoms with E-state index in [0.29, 0.717) is 6.54 Å². The Kier molecular flexibility index (Phi) is 6.35. The summed E-state index contributed by atoms with van der Waals surface area (Å²) >= 11 is 0. The van der Waals surface area contributed by atoms with Crippen LogP contribution in [0.4, 0.5) is 8.78 Å². The van der Waals surface area contributed by atoms with Gasteiger partial charge in [-0.05, 0) is 42.0 Å². The number of quaternary nitrogens is 1. The molecule has 1 heterocycles. The molecule has 0 spiro atoms. The van der Waals surface area contributed by atoms with Gasteiger partial charge < -0.3 is 9.47 Å². The molecule has 2 nitrogen and oxygen atoms in total. The first-order valence-electron chi connectivity index (χ1n) is 10.2. The van der Waals surface area contributed by atoms with Crippen LogP contribution in [-0.4, -0.2) is 4.57 Å². The third-order valence-electron chi connectivity index (χ3n) is 5.24. The number of halogens is 2. The van der Waals surface area contributed by atoms with Crippen molar-refractivity contribution >= 4 is 0 Å². The minimum Gasteiger partial charge on any atom is -0.342 e. The molecule has 4 aromatic rings. The molecule has 1 aromatic heterocycles. The van der Waals surface area contributed by atoms with Gasteiger partial charge >= 0.3 is 0 Å². The summed E-state index contributed by atoms with van der Waals surface area (Å²) in [5.74, 6) is -0.426. The maximum absolute atomic E-state index is 13.7. The fourth-order valence-electron chi connectivity index (χ4n) is 3.86. The number of hydrogen-bond acceptors (Lipinski definition) is 0. The van der Waals surface area contributed by atoms with Gasteiger partial charge in [0.25, 0.3) is 0 Å². The van der Waals surface area contributed by atoms with Gasteiger partial charge in [0.05, 0.1) is 5.69 Å². The van der Waals surface area contributed by atoms with Gasteiger partial charge in [0.15, 0.2) is 0 Å². The second-order valence-corrected chi connectivity index (χ2v) is 7.65. The summed E-state index contributed by atoms with van der Waals surface area (Å²) in [5.41, 5.74) is 4.32. The Morgan fingerprint density at radius 3 is 1.97 bits per heavy atom. The predicted molar refractivity (Wildman–Crippen MR) is 115 cm³/mol. The second kappa shape index (κ2) is 9.51. The topological polar surface area (TPSA) is 9.37 Å². The Labute approximate surface area is 176 Å². The molecule has 0 radical (unpaired) electrons. The Morgan fingerprint density at radius 1 is 0.600 bits per heavy atom. The molecule has 0 aliphatic heterocycles. The van der Waals surface area contributed by atoms with Crippen LogP contribution in [0.2, 0.25) is 0 Å². The molecule has 0 saturated heterocycles. The van der Waals surface area contributed by atoms with E-state index in [1.165, 1.54) is 28.3 Å². The van der Waals surface area contributed by atoms with Crippen LogP contribution in [-0.2, 0) is 26.2 Å². The predicted octanol–water partition coefficient (Wildman–Crippen LogP) is 4.60. The highest BCUT2D eigenvalue weighted by atomic mass is 19.1. The summed E-state index contributed by atoms with van der Waals surface area (Å²) in [5, 5.41) is 0. The molecule has 0 aliphatic rings. The normalized spacial score (nSPS) is 12.1. The van der Waals surface area contributed by atoms with Crippen LogP contribution < -0.4 is 4.90 Å². The third kappa shape index (κ3) is 5.43. The second-order valence-electron chi connectivity index (χ2n) is 7.65. The molecular weight excluding hydrogens is 378 g/mol. The summed E-state index contributed by atoms with van der Waals surface area (Å²) in [6, 6.07) is 28.0. The highest BCUT2D eigenvalue weighted by Crippen LogP contribution is 2.10. The largest absolute Gasteiger partial charge is 0.342 e. The maximum Gasteiger partial charge on any atom is 0.123 e. The molecule has 0 bridgehead atoms. The quantitative estimate of drug-likeness (QED) is 0.440. The zero-order valence-corrected chi connectivity index (χ0v) is 16.8. The molecule has 30 heavy (non-hydrogen) atoms. The smallest absolute Gasteiger partial charge is 0.123 e. The highest BCUT2D eigenvalue weighted by molar-refractivity contribution is 5.19. The van der Waals surface area contributed by atoms with E-state index in [4.69, 9.17) is 0 Å². The van der Waals surface area contributed by atoms with Gasteiger partial charge in [-0.25, -0.2) is 8.78 Å². The van der Waals surface area contributed by atoms with Crippen LogP contribution in [0.25, 0.3) is 0 Å². The molecule has 0 fully saturated rings. The number of hydrogen-bond donors (Lipinski definition) is 1. The maximum atomic E-state index is 13.7. The van der Waals surface area contributed by atoms with Crippen molar-refractivity contribution in [2.45, 2.75) is 26.2 Å². The van der Waals surface area contributed by atoms with E-state index >= 15 is 0 Å². The monoisotopic (exact) mass is 403 g/mol. The Morgan fingerprint density at radius 2 is 1.23 bits per heavy atom. The Balaban J connectivity index is 1.55. The van der Waals surface area contributed by atoms with E-state index in [2.05, 4.69) is 22.8 Å². The number of benzene rings is 3. The zero-order chi connectivity index (χ0) is 20.8. The summed E-state index contributed by atoms with van der Waals surface area (Å²) < 4.78 is 29.5. The summed E-state index contributed by atoms with van der Waals surface area (Å²) in [6.45, 7) is 2.96. The summed E-state index contributed by atoms with van der Waals surface area (Å²) in [4.78, 5) is 1.31. The van der Waals surface area contributed by atoms with Crippen molar-refractivity contribution in [2.24, 2.45) is 0 Å². The average molecular weight is 403 g/mol. The van der Waals surface area contributed by atoms with Crippen LogP contribution >= 0.6 is 0 Å². The van der Waals surface area contributed by atoms with Crippen molar-refractivity contribution in [1.82, 2.24) is 4.57 Å². The van der Waals surface area contributed by atoms with Crippen molar-refractivity contribution in [1.29, 1.82) is 0 Å². The lowest BCUT2D eigenvalue weighted by Gasteiger charge is -2.21.